The molecule has 1 heterocycles. The fraction of sp³-hybridized carbons (Fsp3) is 0.0625. The summed E-state index contributed by atoms with van der Waals surface area (Å²) in [6.07, 6.45) is -0.766. The van der Waals surface area contributed by atoms with Crippen molar-refractivity contribution < 1.29 is 40.3 Å². The normalized spacial score (nSPS) is 15.7. The first-order chi connectivity index (χ1) is 13.4. The van der Waals surface area contributed by atoms with Crippen molar-refractivity contribution in [2.24, 2.45) is 0 Å². The maximum absolute atomic E-state index is 12.9. The molecule has 1 aliphatic rings. The van der Waals surface area contributed by atoms with Gasteiger partial charge in [0, 0.05) is 0 Å². The minimum absolute atomic E-state index is 0.224. The van der Waals surface area contributed by atoms with Crippen molar-refractivity contribution in [1.29, 1.82) is 0 Å². The molecule has 0 unspecified atom stereocenters. The number of hydrogen-bond donors (Lipinski definition) is 2. The topological polar surface area (TPSA) is 166 Å². The summed E-state index contributed by atoms with van der Waals surface area (Å²) in [6.45, 7) is 0. The lowest BCUT2D eigenvalue weighted by Crippen LogP contribution is -2.55. The van der Waals surface area contributed by atoms with Gasteiger partial charge in [-0.25, -0.2) is 14.6 Å². The van der Waals surface area contributed by atoms with Crippen LogP contribution in [0.3, 0.4) is 0 Å². The molecule has 13 heteroatoms. The second-order valence-corrected chi connectivity index (χ2v) is 8.71. The largest absolute Gasteiger partial charge is 0.342 e. The molecule has 2 aromatic carbocycles. The first kappa shape index (κ1) is 20.6. The molecule has 1 saturated heterocycles. The summed E-state index contributed by atoms with van der Waals surface area (Å²) in [5, 5.41) is 0. The summed E-state index contributed by atoms with van der Waals surface area (Å²) >= 11 is 0. The highest BCUT2D eigenvalue weighted by Crippen LogP contribution is 2.29. The number of nitrogens with zero attached hydrogens (tertiary/aromatic N) is 2. The summed E-state index contributed by atoms with van der Waals surface area (Å²) in [6, 6.07) is 7.41. The third kappa shape index (κ3) is 4.02. The van der Waals surface area contributed by atoms with Crippen molar-refractivity contribution in [2.75, 3.05) is 9.80 Å². The van der Waals surface area contributed by atoms with Crippen LogP contribution in [0.1, 0.15) is 6.42 Å². The minimum atomic E-state index is -4.62. The van der Waals surface area contributed by atoms with Crippen LogP contribution < -0.4 is 9.80 Å². The van der Waals surface area contributed by atoms with Crippen molar-refractivity contribution in [2.45, 2.75) is 16.2 Å². The average molecular weight is 440 g/mol. The van der Waals surface area contributed by atoms with Gasteiger partial charge < -0.3 is 0 Å². The summed E-state index contributed by atoms with van der Waals surface area (Å²) in [5.41, 5.74) is -0.447. The third-order valence-corrected chi connectivity index (χ3v) is 5.63. The van der Waals surface area contributed by atoms with Gasteiger partial charge in [0.2, 0.25) is 11.8 Å². The van der Waals surface area contributed by atoms with E-state index >= 15 is 0 Å². The van der Waals surface area contributed by atoms with E-state index in [9.17, 15) is 31.2 Å². The Morgan fingerprint density at radius 3 is 1.41 bits per heavy atom. The monoisotopic (exact) mass is 440 g/mol. The van der Waals surface area contributed by atoms with E-state index in [4.69, 9.17) is 9.11 Å². The van der Waals surface area contributed by atoms with Gasteiger partial charge >= 0.3 is 6.03 Å². The molecule has 0 bridgehead atoms. The Morgan fingerprint density at radius 1 is 0.690 bits per heavy atom. The van der Waals surface area contributed by atoms with E-state index < -0.39 is 54.3 Å². The van der Waals surface area contributed by atoms with E-state index in [0.29, 0.717) is 9.80 Å². The number of amides is 4. The van der Waals surface area contributed by atoms with Crippen LogP contribution in [-0.2, 0) is 29.8 Å². The lowest BCUT2D eigenvalue weighted by atomic mass is 10.2. The molecule has 0 spiro atoms. The average Bonchev–Trinajstić information content (AvgIpc) is 2.60. The molecule has 29 heavy (non-hydrogen) atoms. The standard InChI is InChI=1S/C16H12N2O9S2/c19-14-9-15(20)18(11-4-2-6-13(8-11)29(25,26)27)16(21)17(14)10-3-1-5-12(7-10)28(22,23)24/h1-8H,9H2,(H,22,23,24)(H,25,26,27). The third-order valence-electron chi connectivity index (χ3n) is 3.93. The molecular weight excluding hydrogens is 428 g/mol. The Labute approximate surface area is 164 Å². The molecule has 0 saturated carbocycles. The van der Waals surface area contributed by atoms with Gasteiger partial charge in [-0.05, 0) is 36.4 Å². The lowest BCUT2D eigenvalue weighted by Gasteiger charge is -2.32. The van der Waals surface area contributed by atoms with Crippen LogP contribution in [-0.4, -0.2) is 43.8 Å². The van der Waals surface area contributed by atoms with E-state index in [-0.39, 0.29) is 11.4 Å². The maximum Gasteiger partial charge on any atom is 0.342 e. The zero-order valence-corrected chi connectivity index (χ0v) is 15.9. The van der Waals surface area contributed by atoms with E-state index in [1.807, 2.05) is 0 Å². The van der Waals surface area contributed by atoms with Crippen LogP contribution in [0.5, 0.6) is 0 Å². The van der Waals surface area contributed by atoms with Crippen LogP contribution in [0, 0.1) is 0 Å². The number of imide groups is 2. The summed E-state index contributed by atoms with van der Waals surface area (Å²) in [5.74, 6) is -1.90. The highest BCUT2D eigenvalue weighted by Gasteiger charge is 2.40. The Balaban J connectivity index is 2.08. The first-order valence-corrected chi connectivity index (χ1v) is 10.6. The van der Waals surface area contributed by atoms with Crippen LogP contribution >= 0.6 is 0 Å². The summed E-state index contributed by atoms with van der Waals surface area (Å²) in [7, 11) is -9.24. The van der Waals surface area contributed by atoms with Crippen LogP contribution in [0.4, 0.5) is 16.2 Å². The molecule has 11 nitrogen and oxygen atoms in total. The molecule has 0 aromatic heterocycles. The number of carbonyl (C=O) groups excluding carboxylic acids is 3. The van der Waals surface area contributed by atoms with Crippen LogP contribution in [0.15, 0.2) is 58.3 Å². The van der Waals surface area contributed by atoms with Crippen LogP contribution in [0.25, 0.3) is 0 Å². The van der Waals surface area contributed by atoms with Gasteiger partial charge in [-0.1, -0.05) is 12.1 Å². The van der Waals surface area contributed by atoms with Crippen molar-refractivity contribution in [3.05, 3.63) is 48.5 Å². The molecule has 2 aromatic rings. The van der Waals surface area contributed by atoms with Crippen molar-refractivity contribution in [3.8, 4) is 0 Å². The molecule has 1 fully saturated rings. The predicted octanol–water partition coefficient (Wildman–Crippen LogP) is 1.07. The van der Waals surface area contributed by atoms with Gasteiger partial charge in [0.15, 0.2) is 0 Å². The summed E-state index contributed by atoms with van der Waals surface area (Å²) in [4.78, 5) is 37.3. The Kier molecular flexibility index (Phi) is 5.00. The fourth-order valence-electron chi connectivity index (χ4n) is 2.68. The molecule has 3 rings (SSSR count). The van der Waals surface area contributed by atoms with Crippen molar-refractivity contribution in [1.82, 2.24) is 0 Å². The van der Waals surface area contributed by atoms with Crippen molar-refractivity contribution in [3.63, 3.8) is 0 Å². The maximum atomic E-state index is 12.9. The second kappa shape index (κ2) is 7.04. The van der Waals surface area contributed by atoms with Gasteiger partial charge in [0.05, 0.1) is 21.2 Å². The Hall–Kier alpha value is -3.13. The van der Waals surface area contributed by atoms with Gasteiger partial charge in [-0.3, -0.25) is 18.7 Å². The van der Waals surface area contributed by atoms with Gasteiger partial charge in [-0.2, -0.15) is 16.8 Å². The number of urea groups is 1. The highest BCUT2D eigenvalue weighted by atomic mass is 32.2. The molecule has 4 amide bonds. The predicted molar refractivity (Wildman–Crippen MR) is 97.5 cm³/mol. The molecule has 0 aliphatic carbocycles. The number of carbonyl (C=O) groups is 3. The minimum Gasteiger partial charge on any atom is -0.282 e. The van der Waals surface area contributed by atoms with Gasteiger partial charge in [0.1, 0.15) is 6.42 Å². The van der Waals surface area contributed by atoms with E-state index in [1.54, 1.807) is 0 Å². The smallest absolute Gasteiger partial charge is 0.282 e. The number of benzene rings is 2. The molecule has 2 N–H and O–H groups in total. The molecule has 1 aliphatic heterocycles. The van der Waals surface area contributed by atoms with E-state index in [0.717, 1.165) is 24.3 Å². The van der Waals surface area contributed by atoms with E-state index in [2.05, 4.69) is 0 Å². The number of hydrogen-bond acceptors (Lipinski definition) is 7. The lowest BCUT2D eigenvalue weighted by molar-refractivity contribution is -0.126. The first-order valence-electron chi connectivity index (χ1n) is 7.74. The Bertz CT molecular complexity index is 1160. The second-order valence-electron chi connectivity index (χ2n) is 5.86. The number of rotatable bonds is 4. The van der Waals surface area contributed by atoms with Gasteiger partial charge in [0.25, 0.3) is 20.2 Å². The number of barbiturate groups is 1. The highest BCUT2D eigenvalue weighted by molar-refractivity contribution is 7.86. The molecular formula is C16H12N2O9S2. The quantitative estimate of drug-likeness (QED) is 0.522. The molecule has 152 valence electrons. The Morgan fingerprint density at radius 2 is 1.07 bits per heavy atom. The van der Waals surface area contributed by atoms with E-state index in [1.165, 1.54) is 24.3 Å². The zero-order valence-electron chi connectivity index (χ0n) is 14.3. The molecule has 0 atom stereocenters. The zero-order chi connectivity index (χ0) is 21.6. The molecule has 0 radical (unpaired) electrons. The summed E-state index contributed by atoms with van der Waals surface area (Å²) < 4.78 is 63.6. The fourth-order valence-corrected chi connectivity index (χ4v) is 3.72. The SMILES string of the molecule is O=C1CC(=O)N(c2cccc(S(=O)(=O)O)c2)C(=O)N1c1cccc(S(=O)(=O)O)c1. The number of anilines is 2. The van der Waals surface area contributed by atoms with Crippen LogP contribution in [0.2, 0.25) is 0 Å². The van der Waals surface area contributed by atoms with Crippen molar-refractivity contribution >= 4 is 49.5 Å². The van der Waals surface area contributed by atoms with Gasteiger partial charge in [-0.15, -0.1) is 0 Å².